The van der Waals surface area contributed by atoms with Crippen molar-refractivity contribution in [2.45, 2.75) is 26.4 Å². The molecule has 0 bridgehead atoms. The maximum atomic E-state index is 5.40. The lowest BCUT2D eigenvalue weighted by Crippen LogP contribution is -2.22. The van der Waals surface area contributed by atoms with Crippen molar-refractivity contribution in [2.24, 2.45) is 0 Å². The lowest BCUT2D eigenvalue weighted by Gasteiger charge is -2.21. The maximum Gasteiger partial charge on any atom is 0.142 e. The Balaban J connectivity index is 2.14. The lowest BCUT2D eigenvalue weighted by atomic mass is 10.2. The van der Waals surface area contributed by atoms with Crippen LogP contribution >= 0.6 is 0 Å². The van der Waals surface area contributed by atoms with Crippen LogP contribution in [0.4, 0.5) is 11.5 Å². The summed E-state index contributed by atoms with van der Waals surface area (Å²) in [6, 6.07) is 12.5. The Morgan fingerprint density at radius 2 is 1.95 bits per heavy atom. The number of ether oxygens (including phenoxy) is 1. The van der Waals surface area contributed by atoms with Gasteiger partial charge in [0.15, 0.2) is 0 Å². The Labute approximate surface area is 126 Å². The van der Waals surface area contributed by atoms with Crippen LogP contribution in [-0.4, -0.2) is 25.2 Å². The molecule has 1 heterocycles. The van der Waals surface area contributed by atoms with E-state index in [0.29, 0.717) is 6.04 Å². The second-order valence-electron chi connectivity index (χ2n) is 5.29. The fraction of sp³-hybridized carbons (Fsp3) is 0.353. The predicted octanol–water partition coefficient (Wildman–Crippen LogP) is 3.36. The number of nitrogens with one attached hydrogen (secondary N) is 1. The number of para-hydroxylation sites is 2. The summed E-state index contributed by atoms with van der Waals surface area (Å²) in [6.45, 7) is 5.11. The van der Waals surface area contributed by atoms with Crippen LogP contribution in [0.15, 0.2) is 42.6 Å². The van der Waals surface area contributed by atoms with Gasteiger partial charge in [0.1, 0.15) is 11.6 Å². The Kier molecular flexibility index (Phi) is 5.17. The molecule has 0 spiro atoms. The molecule has 0 aliphatic heterocycles. The molecule has 1 aromatic carbocycles. The van der Waals surface area contributed by atoms with Crippen LogP contribution in [0, 0.1) is 0 Å². The standard InChI is InChI=1S/C17H23N3O/c1-13(2)18-11-14-9-10-17(19-12-14)20(3)15-7-5-6-8-16(15)21-4/h5-10,12-13,18H,11H2,1-4H3. The van der Waals surface area contributed by atoms with Gasteiger partial charge in [-0.15, -0.1) is 0 Å². The average molecular weight is 285 g/mol. The first-order valence-electron chi connectivity index (χ1n) is 7.17. The summed E-state index contributed by atoms with van der Waals surface area (Å²) in [7, 11) is 3.67. The topological polar surface area (TPSA) is 37.4 Å². The van der Waals surface area contributed by atoms with Crippen LogP contribution in [-0.2, 0) is 6.54 Å². The average Bonchev–Trinajstić information content (AvgIpc) is 2.52. The van der Waals surface area contributed by atoms with Gasteiger partial charge in [-0.2, -0.15) is 0 Å². The molecule has 4 heteroatoms. The van der Waals surface area contributed by atoms with E-state index in [1.165, 1.54) is 5.56 Å². The first kappa shape index (κ1) is 15.3. The van der Waals surface area contributed by atoms with Gasteiger partial charge in [0.25, 0.3) is 0 Å². The Morgan fingerprint density at radius 3 is 2.57 bits per heavy atom. The van der Waals surface area contributed by atoms with Crippen molar-refractivity contribution in [3.8, 4) is 5.75 Å². The minimum Gasteiger partial charge on any atom is -0.495 e. The molecule has 4 nitrogen and oxygen atoms in total. The highest BCUT2D eigenvalue weighted by Crippen LogP contribution is 2.30. The third-order valence-corrected chi connectivity index (χ3v) is 3.31. The number of anilines is 2. The van der Waals surface area contributed by atoms with Crippen molar-refractivity contribution in [3.63, 3.8) is 0 Å². The number of methoxy groups -OCH3 is 1. The Bertz CT molecular complexity index is 567. The highest BCUT2D eigenvalue weighted by atomic mass is 16.5. The normalized spacial score (nSPS) is 10.7. The van der Waals surface area contributed by atoms with E-state index < -0.39 is 0 Å². The van der Waals surface area contributed by atoms with Crippen LogP contribution in [0.3, 0.4) is 0 Å². The van der Waals surface area contributed by atoms with E-state index in [1.54, 1.807) is 7.11 Å². The van der Waals surface area contributed by atoms with Crippen LogP contribution in [0.5, 0.6) is 5.75 Å². The fourth-order valence-electron chi connectivity index (χ4n) is 2.07. The highest BCUT2D eigenvalue weighted by molar-refractivity contribution is 5.66. The molecule has 1 aromatic heterocycles. The molecule has 0 aliphatic carbocycles. The smallest absolute Gasteiger partial charge is 0.142 e. The number of benzene rings is 1. The quantitative estimate of drug-likeness (QED) is 0.883. The molecular formula is C17H23N3O. The number of hydrogen-bond acceptors (Lipinski definition) is 4. The van der Waals surface area contributed by atoms with Crippen LogP contribution in [0.2, 0.25) is 0 Å². The van der Waals surface area contributed by atoms with Crippen molar-refractivity contribution >= 4 is 11.5 Å². The zero-order valence-corrected chi connectivity index (χ0v) is 13.1. The van der Waals surface area contributed by atoms with Gasteiger partial charge in [0.05, 0.1) is 12.8 Å². The van der Waals surface area contributed by atoms with E-state index in [0.717, 1.165) is 23.8 Å². The molecule has 0 amide bonds. The second kappa shape index (κ2) is 7.09. The van der Waals surface area contributed by atoms with Crippen LogP contribution in [0.25, 0.3) is 0 Å². The molecule has 2 rings (SSSR count). The van der Waals surface area contributed by atoms with E-state index in [-0.39, 0.29) is 0 Å². The van der Waals surface area contributed by atoms with Crippen molar-refractivity contribution < 1.29 is 4.74 Å². The van der Waals surface area contributed by atoms with Crippen molar-refractivity contribution in [1.29, 1.82) is 0 Å². The Hall–Kier alpha value is -2.07. The molecular weight excluding hydrogens is 262 g/mol. The summed E-state index contributed by atoms with van der Waals surface area (Å²) < 4.78 is 5.40. The molecule has 21 heavy (non-hydrogen) atoms. The summed E-state index contributed by atoms with van der Waals surface area (Å²) in [6.07, 6.45) is 1.91. The molecule has 1 N–H and O–H groups in total. The summed E-state index contributed by atoms with van der Waals surface area (Å²) in [5.74, 6) is 1.74. The number of nitrogens with zero attached hydrogens (tertiary/aromatic N) is 2. The van der Waals surface area contributed by atoms with E-state index in [9.17, 15) is 0 Å². The zero-order valence-electron chi connectivity index (χ0n) is 13.1. The van der Waals surface area contributed by atoms with Gasteiger partial charge in [0.2, 0.25) is 0 Å². The first-order chi connectivity index (χ1) is 10.1. The van der Waals surface area contributed by atoms with E-state index in [4.69, 9.17) is 4.74 Å². The molecule has 0 saturated carbocycles. The highest BCUT2D eigenvalue weighted by Gasteiger charge is 2.10. The number of pyridine rings is 1. The minimum atomic E-state index is 0.473. The summed E-state index contributed by atoms with van der Waals surface area (Å²) in [5.41, 5.74) is 2.18. The lowest BCUT2D eigenvalue weighted by molar-refractivity contribution is 0.415. The van der Waals surface area contributed by atoms with Crippen LogP contribution < -0.4 is 15.0 Å². The SMILES string of the molecule is COc1ccccc1N(C)c1ccc(CNC(C)C)cn1. The minimum absolute atomic E-state index is 0.473. The molecule has 2 aromatic rings. The molecule has 0 unspecified atom stereocenters. The first-order valence-corrected chi connectivity index (χ1v) is 7.17. The van der Waals surface area contributed by atoms with Gasteiger partial charge in [0, 0.05) is 25.8 Å². The van der Waals surface area contributed by atoms with Gasteiger partial charge >= 0.3 is 0 Å². The fourth-order valence-corrected chi connectivity index (χ4v) is 2.07. The second-order valence-corrected chi connectivity index (χ2v) is 5.29. The number of rotatable bonds is 6. The Morgan fingerprint density at radius 1 is 1.19 bits per heavy atom. The van der Waals surface area contributed by atoms with E-state index in [2.05, 4.69) is 30.2 Å². The van der Waals surface area contributed by atoms with E-state index in [1.807, 2.05) is 48.5 Å². The van der Waals surface area contributed by atoms with Crippen LogP contribution in [0.1, 0.15) is 19.4 Å². The summed E-state index contributed by atoms with van der Waals surface area (Å²) >= 11 is 0. The van der Waals surface area contributed by atoms with Gasteiger partial charge < -0.3 is 15.0 Å². The number of hydrogen-bond donors (Lipinski definition) is 1. The molecule has 112 valence electrons. The predicted molar refractivity (Wildman–Crippen MR) is 87.3 cm³/mol. The van der Waals surface area contributed by atoms with Gasteiger partial charge in [-0.1, -0.05) is 32.0 Å². The van der Waals surface area contributed by atoms with Crippen molar-refractivity contribution in [2.75, 3.05) is 19.1 Å². The monoisotopic (exact) mass is 285 g/mol. The third-order valence-electron chi connectivity index (χ3n) is 3.31. The van der Waals surface area contributed by atoms with Crippen molar-refractivity contribution in [1.82, 2.24) is 10.3 Å². The van der Waals surface area contributed by atoms with Gasteiger partial charge in [-0.25, -0.2) is 4.98 Å². The number of aromatic nitrogens is 1. The maximum absolute atomic E-state index is 5.40. The molecule has 0 aliphatic rings. The third kappa shape index (κ3) is 3.95. The van der Waals surface area contributed by atoms with Gasteiger partial charge in [-0.05, 0) is 23.8 Å². The van der Waals surface area contributed by atoms with E-state index >= 15 is 0 Å². The van der Waals surface area contributed by atoms with Crippen molar-refractivity contribution in [3.05, 3.63) is 48.2 Å². The largest absolute Gasteiger partial charge is 0.495 e. The zero-order chi connectivity index (χ0) is 15.2. The summed E-state index contributed by atoms with van der Waals surface area (Å²) in [4.78, 5) is 6.56. The van der Waals surface area contributed by atoms with Gasteiger partial charge in [-0.3, -0.25) is 0 Å². The molecule has 0 atom stereocenters. The molecule has 0 saturated heterocycles. The molecule has 0 radical (unpaired) electrons. The molecule has 0 fully saturated rings. The summed E-state index contributed by atoms with van der Waals surface area (Å²) in [5, 5.41) is 3.39.